The van der Waals surface area contributed by atoms with Crippen molar-refractivity contribution in [2.24, 2.45) is 0 Å². The predicted octanol–water partition coefficient (Wildman–Crippen LogP) is 4.82. The van der Waals surface area contributed by atoms with Crippen LogP contribution in [-0.4, -0.2) is 30.8 Å². The Bertz CT molecular complexity index is 720. The van der Waals surface area contributed by atoms with E-state index in [0.29, 0.717) is 23.0 Å². The predicted molar refractivity (Wildman–Crippen MR) is 95.2 cm³/mol. The molecule has 1 aromatic carbocycles. The van der Waals surface area contributed by atoms with Crippen molar-refractivity contribution in [2.45, 2.75) is 25.9 Å². The third-order valence-corrected chi connectivity index (χ3v) is 4.59. The highest BCUT2D eigenvalue weighted by atomic mass is 35.5. The molecule has 1 aromatic heterocycles. The lowest BCUT2D eigenvalue weighted by Crippen LogP contribution is -2.36. The molecular formula is C17H18ClF3N2O2S. The summed E-state index contributed by atoms with van der Waals surface area (Å²) in [7, 11) is 1.68. The first-order valence-electron chi connectivity index (χ1n) is 7.68. The van der Waals surface area contributed by atoms with Gasteiger partial charge in [0.1, 0.15) is 6.61 Å². The van der Waals surface area contributed by atoms with Crippen LogP contribution in [0.5, 0.6) is 0 Å². The van der Waals surface area contributed by atoms with Gasteiger partial charge in [-0.15, -0.1) is 11.3 Å². The van der Waals surface area contributed by atoms with Gasteiger partial charge in [0.2, 0.25) is 0 Å². The number of thiophene rings is 1. The van der Waals surface area contributed by atoms with Crippen LogP contribution in [0.1, 0.15) is 16.0 Å². The zero-order valence-electron chi connectivity index (χ0n) is 14.0. The van der Waals surface area contributed by atoms with E-state index in [0.717, 1.165) is 10.4 Å². The summed E-state index contributed by atoms with van der Waals surface area (Å²) in [5.41, 5.74) is 1.47. The molecule has 1 heterocycles. The van der Waals surface area contributed by atoms with E-state index < -0.39 is 12.8 Å². The number of urea groups is 1. The Morgan fingerprint density at radius 2 is 1.85 bits per heavy atom. The molecule has 1 N–H and O–H groups in total. The van der Waals surface area contributed by atoms with Crippen molar-refractivity contribution in [2.75, 3.05) is 13.7 Å². The Morgan fingerprint density at radius 1 is 1.19 bits per heavy atom. The van der Waals surface area contributed by atoms with E-state index in [9.17, 15) is 18.0 Å². The van der Waals surface area contributed by atoms with Crippen LogP contribution in [0.25, 0.3) is 0 Å². The lowest BCUT2D eigenvalue weighted by Gasteiger charge is -2.17. The highest BCUT2D eigenvalue weighted by Gasteiger charge is 2.27. The highest BCUT2D eigenvalue weighted by Crippen LogP contribution is 2.22. The van der Waals surface area contributed by atoms with E-state index in [1.54, 1.807) is 42.3 Å². The van der Waals surface area contributed by atoms with Crippen molar-refractivity contribution >= 4 is 29.0 Å². The molecule has 0 fully saturated rings. The van der Waals surface area contributed by atoms with E-state index >= 15 is 0 Å². The number of nitrogens with zero attached hydrogens (tertiary/aromatic N) is 1. The molecule has 0 unspecified atom stereocenters. The molecule has 0 saturated heterocycles. The number of rotatable bonds is 7. The van der Waals surface area contributed by atoms with Gasteiger partial charge in [-0.1, -0.05) is 35.9 Å². The van der Waals surface area contributed by atoms with Gasteiger partial charge in [0.15, 0.2) is 0 Å². The van der Waals surface area contributed by atoms with Crippen LogP contribution in [0.4, 0.5) is 18.0 Å². The Balaban J connectivity index is 1.75. The SMILES string of the molecule is CN(Cc1ccc(Cl)s1)C(=O)NCc1ccc(COCC(F)(F)F)cc1. The Morgan fingerprint density at radius 3 is 2.42 bits per heavy atom. The average Bonchev–Trinajstić information content (AvgIpc) is 2.97. The van der Waals surface area contributed by atoms with Crippen LogP contribution in [0.15, 0.2) is 36.4 Å². The van der Waals surface area contributed by atoms with Crippen LogP contribution in [0.2, 0.25) is 4.34 Å². The van der Waals surface area contributed by atoms with Gasteiger partial charge in [-0.05, 0) is 23.3 Å². The lowest BCUT2D eigenvalue weighted by atomic mass is 10.1. The van der Waals surface area contributed by atoms with E-state index in [1.807, 2.05) is 6.07 Å². The number of amides is 2. The molecule has 0 aliphatic carbocycles. The van der Waals surface area contributed by atoms with Gasteiger partial charge in [0.05, 0.1) is 17.5 Å². The minimum absolute atomic E-state index is 0.113. The molecule has 0 aliphatic rings. The van der Waals surface area contributed by atoms with E-state index in [-0.39, 0.29) is 12.6 Å². The summed E-state index contributed by atoms with van der Waals surface area (Å²) < 4.78 is 41.4. The van der Waals surface area contributed by atoms with Gasteiger partial charge in [-0.2, -0.15) is 13.2 Å². The first kappa shape index (κ1) is 20.5. The Kier molecular flexibility index (Phi) is 7.31. The van der Waals surface area contributed by atoms with Crippen LogP contribution in [0.3, 0.4) is 0 Å². The quantitative estimate of drug-likeness (QED) is 0.716. The summed E-state index contributed by atoms with van der Waals surface area (Å²) >= 11 is 7.29. The second kappa shape index (κ2) is 9.25. The Labute approximate surface area is 158 Å². The monoisotopic (exact) mass is 406 g/mol. The van der Waals surface area contributed by atoms with Crippen molar-refractivity contribution in [3.63, 3.8) is 0 Å². The number of hydrogen-bond acceptors (Lipinski definition) is 3. The molecule has 9 heteroatoms. The fraction of sp³-hybridized carbons (Fsp3) is 0.353. The Hall–Kier alpha value is -1.77. The molecule has 0 radical (unpaired) electrons. The van der Waals surface area contributed by atoms with Crippen molar-refractivity contribution < 1.29 is 22.7 Å². The zero-order valence-corrected chi connectivity index (χ0v) is 15.5. The van der Waals surface area contributed by atoms with Crippen molar-refractivity contribution in [3.05, 3.63) is 56.7 Å². The van der Waals surface area contributed by atoms with Gasteiger partial charge < -0.3 is 15.0 Å². The third kappa shape index (κ3) is 7.23. The van der Waals surface area contributed by atoms with Crippen molar-refractivity contribution in [1.82, 2.24) is 10.2 Å². The fourth-order valence-electron chi connectivity index (χ4n) is 2.09. The third-order valence-electron chi connectivity index (χ3n) is 3.37. The maximum Gasteiger partial charge on any atom is 0.411 e. The van der Waals surface area contributed by atoms with Crippen LogP contribution in [-0.2, 0) is 24.4 Å². The molecule has 2 rings (SSSR count). The maximum atomic E-state index is 12.1. The number of ether oxygens (including phenoxy) is 1. The van der Waals surface area contributed by atoms with Crippen LogP contribution >= 0.6 is 22.9 Å². The van der Waals surface area contributed by atoms with Gasteiger partial charge in [-0.3, -0.25) is 0 Å². The van der Waals surface area contributed by atoms with Gasteiger partial charge in [0, 0.05) is 18.5 Å². The zero-order chi connectivity index (χ0) is 19.2. The maximum absolute atomic E-state index is 12.1. The average molecular weight is 407 g/mol. The molecule has 4 nitrogen and oxygen atoms in total. The lowest BCUT2D eigenvalue weighted by molar-refractivity contribution is -0.176. The minimum Gasteiger partial charge on any atom is -0.367 e. The second-order valence-electron chi connectivity index (χ2n) is 5.65. The molecule has 2 amide bonds. The number of halogens is 4. The number of carbonyl (C=O) groups excluding carboxylic acids is 1. The molecule has 0 saturated carbocycles. The summed E-state index contributed by atoms with van der Waals surface area (Å²) in [6.45, 7) is -0.610. The number of carbonyl (C=O) groups is 1. The summed E-state index contributed by atoms with van der Waals surface area (Å²) in [6, 6.07) is 10.3. The fourth-order valence-corrected chi connectivity index (χ4v) is 3.23. The molecule has 0 spiro atoms. The molecule has 26 heavy (non-hydrogen) atoms. The molecule has 2 aromatic rings. The van der Waals surface area contributed by atoms with Gasteiger partial charge in [-0.25, -0.2) is 4.79 Å². The molecule has 142 valence electrons. The van der Waals surface area contributed by atoms with Crippen molar-refractivity contribution in [1.29, 1.82) is 0 Å². The van der Waals surface area contributed by atoms with Crippen LogP contribution in [0, 0.1) is 0 Å². The first-order valence-corrected chi connectivity index (χ1v) is 8.88. The summed E-state index contributed by atoms with van der Waals surface area (Å²) in [6.07, 6.45) is -4.33. The number of alkyl halides is 3. The molecule has 0 bridgehead atoms. The van der Waals surface area contributed by atoms with Gasteiger partial charge in [0.25, 0.3) is 0 Å². The number of benzene rings is 1. The summed E-state index contributed by atoms with van der Waals surface area (Å²) in [4.78, 5) is 14.6. The standard InChI is InChI=1S/C17H18ClF3N2O2S/c1-23(9-14-6-7-15(18)26-14)16(24)22-8-12-2-4-13(5-3-12)10-25-11-17(19,20)21/h2-7H,8-11H2,1H3,(H,22,24). The van der Waals surface area contributed by atoms with Gasteiger partial charge >= 0.3 is 12.2 Å². The normalized spacial score (nSPS) is 11.4. The topological polar surface area (TPSA) is 41.6 Å². The number of nitrogens with one attached hydrogen (secondary N) is 1. The molecule has 0 atom stereocenters. The summed E-state index contributed by atoms with van der Waals surface area (Å²) in [5, 5.41) is 2.79. The second-order valence-corrected chi connectivity index (χ2v) is 7.44. The smallest absolute Gasteiger partial charge is 0.367 e. The highest BCUT2D eigenvalue weighted by molar-refractivity contribution is 7.16. The minimum atomic E-state index is -4.33. The molecular weight excluding hydrogens is 389 g/mol. The first-order chi connectivity index (χ1) is 12.2. The van der Waals surface area contributed by atoms with E-state index in [4.69, 9.17) is 11.6 Å². The van der Waals surface area contributed by atoms with E-state index in [1.165, 1.54) is 11.3 Å². The molecule has 0 aliphatic heterocycles. The van der Waals surface area contributed by atoms with Crippen LogP contribution < -0.4 is 5.32 Å². The largest absolute Gasteiger partial charge is 0.411 e. The summed E-state index contributed by atoms with van der Waals surface area (Å²) in [5.74, 6) is 0. The van der Waals surface area contributed by atoms with E-state index in [2.05, 4.69) is 10.1 Å². The number of hydrogen-bond donors (Lipinski definition) is 1. The van der Waals surface area contributed by atoms with Crippen molar-refractivity contribution in [3.8, 4) is 0 Å².